The van der Waals surface area contributed by atoms with Gasteiger partial charge in [0.2, 0.25) is 0 Å². The SMILES string of the molecule is O=C(O)COC(=O)N(C1CC1)C1c2ccccc2N(C(=O)c2ccccc2)C2CCCC21.O=C(c1ccccc1)N1c2ccccc2C(N(C(=O)OCCO)C2CC2)C2CCCC21. The second-order valence-electron chi connectivity index (χ2n) is 17.5. The Morgan fingerprint density at radius 3 is 1.37 bits per heavy atom. The van der Waals surface area contributed by atoms with Gasteiger partial charge in [-0.3, -0.25) is 19.4 Å². The van der Waals surface area contributed by atoms with Crippen molar-refractivity contribution in [1.82, 2.24) is 9.80 Å². The van der Waals surface area contributed by atoms with Gasteiger partial charge in [-0.1, -0.05) is 85.6 Å². The molecule has 0 bridgehead atoms. The van der Waals surface area contributed by atoms with E-state index in [0.717, 1.165) is 86.7 Å². The monoisotopic (exact) mass is 854 g/mol. The topological polar surface area (TPSA) is 157 Å². The molecule has 4 fully saturated rings. The third-order valence-corrected chi connectivity index (χ3v) is 13.6. The van der Waals surface area contributed by atoms with E-state index in [1.165, 1.54) is 0 Å². The molecule has 2 heterocycles. The fraction of sp³-hybridized carbons (Fsp3) is 0.420. The minimum absolute atomic E-state index is 0.00311. The van der Waals surface area contributed by atoms with E-state index in [9.17, 15) is 24.0 Å². The summed E-state index contributed by atoms with van der Waals surface area (Å²) >= 11 is 0. The molecule has 0 aromatic heterocycles. The minimum Gasteiger partial charge on any atom is -0.479 e. The smallest absolute Gasteiger partial charge is 0.411 e. The number of aliphatic carboxylic acids is 1. The fourth-order valence-corrected chi connectivity index (χ4v) is 10.8. The summed E-state index contributed by atoms with van der Waals surface area (Å²) in [6.07, 6.45) is 8.44. The van der Waals surface area contributed by atoms with Gasteiger partial charge in [0.1, 0.15) is 6.61 Å². The molecule has 10 rings (SSSR count). The molecule has 4 saturated carbocycles. The Morgan fingerprint density at radius 2 is 0.952 bits per heavy atom. The first-order valence-corrected chi connectivity index (χ1v) is 22.4. The molecule has 4 aromatic rings. The van der Waals surface area contributed by atoms with E-state index in [4.69, 9.17) is 19.7 Å². The highest BCUT2D eigenvalue weighted by molar-refractivity contribution is 6.08. The van der Waals surface area contributed by atoms with Gasteiger partial charge in [-0.15, -0.1) is 0 Å². The number of carboxylic acid groups (broad SMARTS) is 1. The van der Waals surface area contributed by atoms with Gasteiger partial charge in [0, 0.05) is 58.5 Å². The molecule has 6 aliphatic rings. The predicted octanol–water partition coefficient (Wildman–Crippen LogP) is 8.39. The second kappa shape index (κ2) is 18.3. The zero-order valence-electron chi connectivity index (χ0n) is 35.2. The maximum atomic E-state index is 13.6. The van der Waals surface area contributed by atoms with Gasteiger partial charge in [-0.25, -0.2) is 14.4 Å². The Balaban J connectivity index is 0.000000160. The van der Waals surface area contributed by atoms with Crippen LogP contribution < -0.4 is 9.80 Å². The number of anilines is 2. The Morgan fingerprint density at radius 1 is 0.540 bits per heavy atom. The molecule has 0 spiro atoms. The first-order chi connectivity index (χ1) is 30.8. The summed E-state index contributed by atoms with van der Waals surface area (Å²) in [5.41, 5.74) is 4.99. The minimum atomic E-state index is -1.17. The number of benzene rings is 4. The standard InChI is InChI=1S/C25H26N2O5.C25H28N2O4/c28-22(29)15-32-25(31)26(17-13-14-17)23-18-9-4-5-11-20(18)27(21-12-6-10-19(21)23)24(30)16-7-2-1-3-8-16;28-15-16-31-25(30)26(18-13-14-18)23-19-9-4-5-11-21(19)27(22-12-6-10-20(22)23)24(29)17-7-2-1-3-8-17/h1-5,7-9,11,17,19,21,23H,6,10,12-15H2,(H,28,29);1-5,7-9,11,18,20,22-23,28H,6,10,12-16H2. The number of rotatable bonds is 10. The number of hydrogen-bond donors (Lipinski definition) is 2. The van der Waals surface area contributed by atoms with Crippen molar-refractivity contribution in [3.63, 3.8) is 0 Å². The van der Waals surface area contributed by atoms with E-state index in [-0.39, 0.29) is 79.2 Å². The Kier molecular flexibility index (Phi) is 12.2. The largest absolute Gasteiger partial charge is 0.479 e. The first-order valence-electron chi connectivity index (χ1n) is 22.4. The van der Waals surface area contributed by atoms with E-state index in [1.54, 1.807) is 4.90 Å². The summed E-state index contributed by atoms with van der Waals surface area (Å²) in [6, 6.07) is 34.4. The number of hydrogen-bond acceptors (Lipinski definition) is 8. The van der Waals surface area contributed by atoms with Gasteiger partial charge in [0.25, 0.3) is 11.8 Å². The van der Waals surface area contributed by atoms with Crippen molar-refractivity contribution in [3.05, 3.63) is 131 Å². The van der Waals surface area contributed by atoms with Crippen molar-refractivity contribution in [3.8, 4) is 0 Å². The van der Waals surface area contributed by atoms with Crippen LogP contribution >= 0.6 is 0 Å². The van der Waals surface area contributed by atoms with Crippen LogP contribution in [0.15, 0.2) is 109 Å². The number of carboxylic acids is 1. The summed E-state index contributed by atoms with van der Waals surface area (Å²) in [6.45, 7) is -0.830. The predicted molar refractivity (Wildman–Crippen MR) is 234 cm³/mol. The number of fused-ring (bicyclic) bond motifs is 4. The highest BCUT2D eigenvalue weighted by Gasteiger charge is 2.53. The van der Waals surface area contributed by atoms with Crippen LogP contribution in [0.25, 0.3) is 0 Å². The molecule has 328 valence electrons. The summed E-state index contributed by atoms with van der Waals surface area (Å²) in [7, 11) is 0. The van der Waals surface area contributed by atoms with Crippen LogP contribution in [-0.2, 0) is 14.3 Å². The van der Waals surface area contributed by atoms with Crippen LogP contribution in [0.4, 0.5) is 21.0 Å². The highest BCUT2D eigenvalue weighted by Crippen LogP contribution is 2.54. The van der Waals surface area contributed by atoms with Crippen LogP contribution in [0.5, 0.6) is 0 Å². The fourth-order valence-electron chi connectivity index (χ4n) is 10.8. The highest BCUT2D eigenvalue weighted by atomic mass is 16.6. The average molecular weight is 855 g/mol. The molecule has 6 unspecified atom stereocenters. The molecule has 4 amide bonds. The summed E-state index contributed by atoms with van der Waals surface area (Å²) in [5, 5.41) is 18.1. The lowest BCUT2D eigenvalue weighted by atomic mass is 9.81. The quantitative estimate of drug-likeness (QED) is 0.160. The number of nitrogens with zero attached hydrogens (tertiary/aromatic N) is 4. The van der Waals surface area contributed by atoms with E-state index >= 15 is 0 Å². The van der Waals surface area contributed by atoms with Crippen molar-refractivity contribution in [2.45, 2.75) is 100 Å². The zero-order valence-corrected chi connectivity index (χ0v) is 35.2. The van der Waals surface area contributed by atoms with Gasteiger partial charge in [-0.05, 0) is 98.9 Å². The van der Waals surface area contributed by atoms with Crippen LogP contribution in [0, 0.1) is 11.8 Å². The molecule has 6 atom stereocenters. The van der Waals surface area contributed by atoms with Gasteiger partial charge in [-0.2, -0.15) is 0 Å². The van der Waals surface area contributed by atoms with Crippen LogP contribution in [-0.4, -0.2) is 94.0 Å². The molecule has 63 heavy (non-hydrogen) atoms. The number of para-hydroxylation sites is 2. The van der Waals surface area contributed by atoms with Crippen molar-refractivity contribution >= 4 is 41.3 Å². The van der Waals surface area contributed by atoms with E-state index in [2.05, 4.69) is 6.07 Å². The number of ether oxygens (including phenoxy) is 2. The number of amides is 4. The summed E-state index contributed by atoms with van der Waals surface area (Å²) in [4.78, 5) is 71.8. The number of carbonyl (C=O) groups is 5. The maximum absolute atomic E-state index is 13.6. The molecule has 0 radical (unpaired) electrons. The third kappa shape index (κ3) is 8.38. The zero-order chi connectivity index (χ0) is 43.6. The molecule has 0 saturated heterocycles. The molecular formula is C50H54N4O9. The number of carbonyl (C=O) groups excluding carboxylic acids is 4. The van der Waals surface area contributed by atoms with Crippen molar-refractivity contribution in [2.75, 3.05) is 29.6 Å². The van der Waals surface area contributed by atoms with Crippen LogP contribution in [0.2, 0.25) is 0 Å². The third-order valence-electron chi connectivity index (χ3n) is 13.6. The van der Waals surface area contributed by atoms with E-state index in [1.807, 2.05) is 118 Å². The van der Waals surface area contributed by atoms with E-state index in [0.29, 0.717) is 11.1 Å². The van der Waals surface area contributed by atoms with Crippen LogP contribution in [0.1, 0.15) is 108 Å². The lowest BCUT2D eigenvalue weighted by molar-refractivity contribution is -0.140. The summed E-state index contributed by atoms with van der Waals surface area (Å²) < 4.78 is 10.5. The lowest BCUT2D eigenvalue weighted by Crippen LogP contribution is -2.53. The molecule has 4 aromatic carbocycles. The summed E-state index contributed by atoms with van der Waals surface area (Å²) in [5.74, 6) is -0.930. The van der Waals surface area contributed by atoms with E-state index < -0.39 is 18.7 Å². The molecule has 4 aliphatic carbocycles. The number of aliphatic hydroxyl groups is 1. The normalized spacial score (nSPS) is 24.0. The van der Waals surface area contributed by atoms with Crippen molar-refractivity contribution in [1.29, 1.82) is 0 Å². The van der Waals surface area contributed by atoms with Crippen molar-refractivity contribution < 1.29 is 43.7 Å². The van der Waals surface area contributed by atoms with Gasteiger partial charge < -0.3 is 29.5 Å². The Bertz CT molecular complexity index is 2320. The average Bonchev–Trinajstić information content (AvgIpc) is 4.24. The van der Waals surface area contributed by atoms with Gasteiger partial charge >= 0.3 is 18.2 Å². The maximum Gasteiger partial charge on any atom is 0.411 e. The number of aliphatic hydroxyl groups excluding tert-OH is 1. The molecule has 13 heteroatoms. The first kappa shape index (κ1) is 42.1. The molecule has 13 nitrogen and oxygen atoms in total. The molecule has 2 N–H and O–H groups in total. The van der Waals surface area contributed by atoms with Gasteiger partial charge in [0.05, 0.1) is 18.7 Å². The second-order valence-corrected chi connectivity index (χ2v) is 17.5. The Hall–Kier alpha value is -6.21. The molecule has 2 aliphatic heterocycles. The van der Waals surface area contributed by atoms with Gasteiger partial charge in [0.15, 0.2) is 6.61 Å². The Labute approximate surface area is 367 Å². The lowest BCUT2D eigenvalue weighted by Gasteiger charge is -2.47. The van der Waals surface area contributed by atoms with Crippen molar-refractivity contribution in [2.24, 2.45) is 11.8 Å². The molecular weight excluding hydrogens is 801 g/mol. The van der Waals surface area contributed by atoms with Crippen LogP contribution in [0.3, 0.4) is 0 Å².